The standard InChI is InChI=1S/C21H27FN4O2/c22-15-4-5-16-19(13-15)28-24-20(16)14-6-10-26(11-7-14)21(27)23-17-8-12-25-9-2-1-3-18(17)25/h4-5,13-14,17-18H,1-3,6-12H2,(H,23,27). The molecule has 28 heavy (non-hydrogen) atoms. The lowest BCUT2D eigenvalue weighted by Gasteiger charge is -2.35. The first kappa shape index (κ1) is 17.9. The smallest absolute Gasteiger partial charge is 0.317 e. The van der Waals surface area contributed by atoms with E-state index in [2.05, 4.69) is 15.4 Å². The number of fused-ring (bicyclic) bond motifs is 2. The van der Waals surface area contributed by atoms with Gasteiger partial charge in [-0.1, -0.05) is 11.6 Å². The van der Waals surface area contributed by atoms with E-state index in [0.29, 0.717) is 30.8 Å². The number of carbonyl (C=O) groups excluding carboxylic acids is 1. The summed E-state index contributed by atoms with van der Waals surface area (Å²) < 4.78 is 18.7. The van der Waals surface area contributed by atoms with Crippen LogP contribution in [0.1, 0.15) is 50.1 Å². The molecular weight excluding hydrogens is 359 g/mol. The number of hydrogen-bond donors (Lipinski definition) is 1. The zero-order valence-corrected chi connectivity index (χ0v) is 16.1. The SMILES string of the molecule is O=C(NC1CCN2CCCCC12)N1CCC(c2noc3cc(F)ccc23)CC1. The van der Waals surface area contributed by atoms with Gasteiger partial charge in [0, 0.05) is 49.1 Å². The Bertz CT molecular complexity index is 861. The number of aromatic nitrogens is 1. The molecule has 6 nitrogen and oxygen atoms in total. The molecule has 150 valence electrons. The van der Waals surface area contributed by atoms with Gasteiger partial charge in [-0.2, -0.15) is 0 Å². The summed E-state index contributed by atoms with van der Waals surface area (Å²) in [6.45, 7) is 3.72. The van der Waals surface area contributed by atoms with Crippen molar-refractivity contribution in [1.29, 1.82) is 0 Å². The predicted octanol–water partition coefficient (Wildman–Crippen LogP) is 3.48. The molecule has 3 fully saturated rings. The van der Waals surface area contributed by atoms with Gasteiger partial charge < -0.3 is 14.7 Å². The van der Waals surface area contributed by atoms with Gasteiger partial charge in [-0.15, -0.1) is 0 Å². The third-order valence-corrected chi connectivity index (χ3v) is 6.80. The zero-order chi connectivity index (χ0) is 19.1. The molecule has 0 bridgehead atoms. The monoisotopic (exact) mass is 386 g/mol. The number of nitrogens with zero attached hydrogens (tertiary/aromatic N) is 3. The van der Waals surface area contributed by atoms with E-state index in [4.69, 9.17) is 4.52 Å². The Hall–Kier alpha value is -2.15. The van der Waals surface area contributed by atoms with Gasteiger partial charge in [0.2, 0.25) is 0 Å². The minimum absolute atomic E-state index is 0.0722. The van der Waals surface area contributed by atoms with Crippen molar-refractivity contribution in [2.24, 2.45) is 0 Å². The maximum Gasteiger partial charge on any atom is 0.317 e. The van der Waals surface area contributed by atoms with Crippen LogP contribution in [-0.2, 0) is 0 Å². The minimum atomic E-state index is -0.315. The fourth-order valence-electron chi connectivity index (χ4n) is 5.25. The molecule has 4 heterocycles. The van der Waals surface area contributed by atoms with Crippen LogP contribution in [0.25, 0.3) is 11.0 Å². The fourth-order valence-corrected chi connectivity index (χ4v) is 5.25. The van der Waals surface area contributed by atoms with Crippen LogP contribution in [0, 0.1) is 5.82 Å². The molecule has 3 aliphatic heterocycles. The van der Waals surface area contributed by atoms with Crippen molar-refractivity contribution in [1.82, 2.24) is 20.3 Å². The Labute approximate surface area is 164 Å². The van der Waals surface area contributed by atoms with Gasteiger partial charge in [0.05, 0.1) is 5.69 Å². The molecule has 5 rings (SSSR count). The van der Waals surface area contributed by atoms with Gasteiger partial charge >= 0.3 is 6.03 Å². The van der Waals surface area contributed by atoms with E-state index in [9.17, 15) is 9.18 Å². The van der Waals surface area contributed by atoms with Crippen molar-refractivity contribution in [3.8, 4) is 0 Å². The highest BCUT2D eigenvalue weighted by Gasteiger charge is 2.37. The summed E-state index contributed by atoms with van der Waals surface area (Å²) in [7, 11) is 0. The lowest BCUT2D eigenvalue weighted by Crippen LogP contribution is -2.52. The van der Waals surface area contributed by atoms with Crippen LogP contribution in [0.3, 0.4) is 0 Å². The first-order chi connectivity index (χ1) is 13.7. The van der Waals surface area contributed by atoms with E-state index >= 15 is 0 Å². The van der Waals surface area contributed by atoms with Gasteiger partial charge in [0.1, 0.15) is 5.82 Å². The third-order valence-electron chi connectivity index (χ3n) is 6.80. The van der Waals surface area contributed by atoms with Gasteiger partial charge in [0.25, 0.3) is 0 Å². The number of nitrogens with one attached hydrogen (secondary N) is 1. The molecule has 2 aromatic rings. The maximum atomic E-state index is 13.4. The number of hydrogen-bond acceptors (Lipinski definition) is 4. The van der Waals surface area contributed by atoms with Crippen molar-refractivity contribution in [3.63, 3.8) is 0 Å². The van der Waals surface area contributed by atoms with Crippen LogP contribution in [-0.4, -0.2) is 59.3 Å². The average molecular weight is 386 g/mol. The number of benzene rings is 1. The molecule has 2 amide bonds. The molecule has 1 N–H and O–H groups in total. The molecule has 1 aromatic heterocycles. The van der Waals surface area contributed by atoms with E-state index < -0.39 is 0 Å². The van der Waals surface area contributed by atoms with E-state index in [1.165, 1.54) is 37.9 Å². The number of likely N-dealkylation sites (tertiary alicyclic amines) is 1. The number of piperidine rings is 2. The van der Waals surface area contributed by atoms with Crippen LogP contribution in [0.15, 0.2) is 22.7 Å². The van der Waals surface area contributed by atoms with E-state index in [1.54, 1.807) is 6.07 Å². The quantitative estimate of drug-likeness (QED) is 0.858. The summed E-state index contributed by atoms with van der Waals surface area (Å²) in [4.78, 5) is 17.3. The summed E-state index contributed by atoms with van der Waals surface area (Å²) in [5, 5.41) is 8.38. The van der Waals surface area contributed by atoms with E-state index in [0.717, 1.165) is 36.9 Å². The molecule has 2 unspecified atom stereocenters. The molecule has 3 aliphatic rings. The number of halogens is 1. The lowest BCUT2D eigenvalue weighted by atomic mass is 9.91. The van der Waals surface area contributed by atoms with E-state index in [-0.39, 0.29) is 17.8 Å². The van der Waals surface area contributed by atoms with Crippen LogP contribution in [0.2, 0.25) is 0 Å². The average Bonchev–Trinajstić information content (AvgIpc) is 3.32. The Balaban J connectivity index is 1.19. The first-order valence-corrected chi connectivity index (χ1v) is 10.5. The Morgan fingerprint density at radius 3 is 2.82 bits per heavy atom. The molecule has 3 saturated heterocycles. The van der Waals surface area contributed by atoms with Crippen molar-refractivity contribution < 1.29 is 13.7 Å². The number of amides is 2. The normalized spacial score (nSPS) is 26.5. The Kier molecular flexibility index (Phi) is 4.70. The highest BCUT2D eigenvalue weighted by molar-refractivity contribution is 5.80. The molecule has 0 spiro atoms. The molecule has 1 aromatic carbocycles. The van der Waals surface area contributed by atoms with Gasteiger partial charge in [-0.05, 0) is 50.8 Å². The topological polar surface area (TPSA) is 61.6 Å². The maximum absolute atomic E-state index is 13.4. The minimum Gasteiger partial charge on any atom is -0.356 e. The second-order valence-electron chi connectivity index (χ2n) is 8.41. The number of carbonyl (C=O) groups is 1. The number of rotatable bonds is 2. The van der Waals surface area contributed by atoms with E-state index in [1.807, 2.05) is 4.90 Å². The van der Waals surface area contributed by atoms with Crippen LogP contribution >= 0.6 is 0 Å². The summed E-state index contributed by atoms with van der Waals surface area (Å²) in [6.07, 6.45) is 6.53. The second-order valence-corrected chi connectivity index (χ2v) is 8.41. The Morgan fingerprint density at radius 1 is 1.11 bits per heavy atom. The van der Waals surface area contributed by atoms with Crippen LogP contribution in [0.4, 0.5) is 9.18 Å². The van der Waals surface area contributed by atoms with Gasteiger partial charge in [-0.3, -0.25) is 4.90 Å². The largest absolute Gasteiger partial charge is 0.356 e. The molecule has 2 atom stereocenters. The summed E-state index contributed by atoms with van der Waals surface area (Å²) >= 11 is 0. The van der Waals surface area contributed by atoms with Crippen molar-refractivity contribution in [2.45, 2.75) is 56.5 Å². The molecule has 0 radical (unpaired) electrons. The molecule has 7 heteroatoms. The first-order valence-electron chi connectivity index (χ1n) is 10.5. The van der Waals surface area contributed by atoms with Crippen molar-refractivity contribution in [2.75, 3.05) is 26.2 Å². The summed E-state index contributed by atoms with van der Waals surface area (Å²) in [5.74, 6) is -0.0683. The second kappa shape index (κ2) is 7.35. The van der Waals surface area contributed by atoms with Crippen LogP contribution < -0.4 is 5.32 Å². The summed E-state index contributed by atoms with van der Waals surface area (Å²) in [5.41, 5.74) is 1.39. The fraction of sp³-hybridized carbons (Fsp3) is 0.619. The zero-order valence-electron chi connectivity index (χ0n) is 16.1. The molecular formula is C21H27FN4O2. The van der Waals surface area contributed by atoms with Crippen molar-refractivity contribution in [3.05, 3.63) is 29.7 Å². The van der Waals surface area contributed by atoms with Gasteiger partial charge in [0.15, 0.2) is 5.58 Å². The third kappa shape index (κ3) is 3.26. The van der Waals surface area contributed by atoms with Crippen molar-refractivity contribution >= 4 is 17.0 Å². The predicted molar refractivity (Wildman–Crippen MR) is 104 cm³/mol. The highest BCUT2D eigenvalue weighted by Crippen LogP contribution is 2.33. The van der Waals surface area contributed by atoms with Gasteiger partial charge in [-0.25, -0.2) is 9.18 Å². The molecule has 0 saturated carbocycles. The summed E-state index contributed by atoms with van der Waals surface area (Å²) in [6, 6.07) is 5.46. The van der Waals surface area contributed by atoms with Crippen LogP contribution in [0.5, 0.6) is 0 Å². The highest BCUT2D eigenvalue weighted by atomic mass is 19.1. The lowest BCUT2D eigenvalue weighted by molar-refractivity contribution is 0.159. The molecule has 0 aliphatic carbocycles. The number of urea groups is 1. The Morgan fingerprint density at radius 2 is 1.96 bits per heavy atom.